The van der Waals surface area contributed by atoms with Gasteiger partial charge in [-0.3, -0.25) is 19.3 Å². The van der Waals surface area contributed by atoms with Gasteiger partial charge < -0.3 is 10.1 Å². The Morgan fingerprint density at radius 1 is 0.939 bits per heavy atom. The van der Waals surface area contributed by atoms with Crippen LogP contribution in [-0.4, -0.2) is 33.5 Å². The molecule has 0 bridgehead atoms. The number of aliphatic imine (C=N–C) groups is 1. The SMILES string of the molecule is C=C/C=C\C(=C/C)N1C(=O)/C(=C/c2ccccc2OCc2ccc(I)cc2)C(=O)N=C1SCC(=O)NC(c1ccccc1)c1ccccc1. The van der Waals surface area contributed by atoms with Crippen LogP contribution in [-0.2, 0) is 21.0 Å². The number of nitrogens with zero attached hydrogens (tertiary/aromatic N) is 2. The Morgan fingerprint density at radius 2 is 1.57 bits per heavy atom. The number of amides is 3. The van der Waals surface area contributed by atoms with Gasteiger partial charge in [0.25, 0.3) is 11.8 Å². The van der Waals surface area contributed by atoms with Crippen LogP contribution in [0, 0.1) is 3.57 Å². The van der Waals surface area contributed by atoms with Crippen LogP contribution in [0.3, 0.4) is 0 Å². The second-order valence-corrected chi connectivity index (χ2v) is 13.0. The van der Waals surface area contributed by atoms with Crippen molar-refractivity contribution in [3.63, 3.8) is 0 Å². The largest absolute Gasteiger partial charge is 0.488 e. The molecule has 1 heterocycles. The van der Waals surface area contributed by atoms with Crippen LogP contribution in [0.25, 0.3) is 6.08 Å². The summed E-state index contributed by atoms with van der Waals surface area (Å²) in [4.78, 5) is 46.7. The number of hydrogen-bond donors (Lipinski definition) is 1. The van der Waals surface area contributed by atoms with Crippen molar-refractivity contribution < 1.29 is 19.1 Å². The van der Waals surface area contributed by atoms with E-state index in [0.717, 1.165) is 32.0 Å². The average Bonchev–Trinajstić information content (AvgIpc) is 3.13. The van der Waals surface area contributed by atoms with Crippen molar-refractivity contribution >= 4 is 63.3 Å². The molecule has 0 radical (unpaired) electrons. The summed E-state index contributed by atoms with van der Waals surface area (Å²) in [7, 11) is 0. The Bertz CT molecular complexity index is 1900. The number of allylic oxidation sites excluding steroid dienone is 4. The molecular weight excluding hydrogens is 745 g/mol. The lowest BCUT2D eigenvalue weighted by atomic mass is 9.99. The molecule has 4 aromatic carbocycles. The fourth-order valence-corrected chi connectivity index (χ4v) is 6.19. The fourth-order valence-electron chi connectivity index (χ4n) is 5.02. The zero-order chi connectivity index (χ0) is 34.6. The van der Waals surface area contributed by atoms with Crippen LogP contribution in [0.5, 0.6) is 5.75 Å². The van der Waals surface area contributed by atoms with E-state index in [-0.39, 0.29) is 28.4 Å². The van der Waals surface area contributed by atoms with Crippen LogP contribution < -0.4 is 10.1 Å². The molecule has 9 heteroatoms. The van der Waals surface area contributed by atoms with Gasteiger partial charge in [-0.25, -0.2) is 0 Å². The van der Waals surface area contributed by atoms with Crippen molar-refractivity contribution in [3.05, 3.63) is 177 Å². The summed E-state index contributed by atoms with van der Waals surface area (Å²) in [5.41, 5.74) is 3.75. The summed E-state index contributed by atoms with van der Waals surface area (Å²) < 4.78 is 7.23. The smallest absolute Gasteiger partial charge is 0.285 e. The lowest BCUT2D eigenvalue weighted by molar-refractivity contribution is -0.126. The van der Waals surface area contributed by atoms with E-state index in [4.69, 9.17) is 4.74 Å². The van der Waals surface area contributed by atoms with Gasteiger partial charge in [-0.15, -0.1) is 0 Å². The number of halogens is 1. The highest BCUT2D eigenvalue weighted by molar-refractivity contribution is 14.1. The molecule has 0 aromatic heterocycles. The normalized spacial score (nSPS) is 14.3. The summed E-state index contributed by atoms with van der Waals surface area (Å²) in [6, 6.07) is 34.2. The van der Waals surface area contributed by atoms with Gasteiger partial charge >= 0.3 is 0 Å². The van der Waals surface area contributed by atoms with Crippen molar-refractivity contribution in [2.45, 2.75) is 19.6 Å². The number of nitrogens with one attached hydrogen (secondary N) is 1. The highest BCUT2D eigenvalue weighted by atomic mass is 127. The molecule has 7 nitrogen and oxygen atoms in total. The van der Waals surface area contributed by atoms with Gasteiger partial charge in [0.1, 0.15) is 17.9 Å². The number of ether oxygens (including phenoxy) is 1. The van der Waals surface area contributed by atoms with Crippen LogP contribution in [0.15, 0.2) is 156 Å². The zero-order valence-corrected chi connectivity index (χ0v) is 29.8. The summed E-state index contributed by atoms with van der Waals surface area (Å²) in [5, 5.41) is 3.21. The molecule has 4 aromatic rings. The molecule has 1 aliphatic rings. The van der Waals surface area contributed by atoms with Crippen molar-refractivity contribution in [1.29, 1.82) is 0 Å². The first-order valence-electron chi connectivity index (χ1n) is 15.5. The number of carbonyl (C=O) groups is 3. The number of thioether (sulfide) groups is 1. The van der Waals surface area contributed by atoms with E-state index in [1.54, 1.807) is 43.4 Å². The third-order valence-corrected chi connectivity index (χ3v) is 9.10. The highest BCUT2D eigenvalue weighted by Gasteiger charge is 2.35. The van der Waals surface area contributed by atoms with Crippen LogP contribution in [0.4, 0.5) is 0 Å². The van der Waals surface area contributed by atoms with Gasteiger partial charge in [0.2, 0.25) is 5.91 Å². The molecule has 246 valence electrons. The Morgan fingerprint density at radius 3 is 2.20 bits per heavy atom. The number of para-hydroxylation sites is 1. The molecule has 0 fully saturated rings. The minimum absolute atomic E-state index is 0.0809. The van der Waals surface area contributed by atoms with Crippen molar-refractivity contribution in [1.82, 2.24) is 10.2 Å². The lowest BCUT2D eigenvalue weighted by Gasteiger charge is -2.28. The maximum Gasteiger partial charge on any atom is 0.285 e. The number of hydrogen-bond acceptors (Lipinski definition) is 5. The molecule has 5 rings (SSSR count). The minimum atomic E-state index is -0.703. The van der Waals surface area contributed by atoms with Gasteiger partial charge in [-0.1, -0.05) is 128 Å². The van der Waals surface area contributed by atoms with Crippen LogP contribution >= 0.6 is 34.4 Å². The third-order valence-electron chi connectivity index (χ3n) is 7.44. The molecule has 49 heavy (non-hydrogen) atoms. The highest BCUT2D eigenvalue weighted by Crippen LogP contribution is 2.29. The Balaban J connectivity index is 1.40. The summed E-state index contributed by atoms with van der Waals surface area (Å²) in [6.07, 6.45) is 8.22. The third kappa shape index (κ3) is 9.33. The molecule has 0 atom stereocenters. The zero-order valence-electron chi connectivity index (χ0n) is 26.8. The number of rotatable bonds is 12. The van der Waals surface area contributed by atoms with Crippen molar-refractivity contribution in [3.8, 4) is 5.75 Å². The second kappa shape index (κ2) is 17.4. The molecule has 0 aliphatic carbocycles. The first-order chi connectivity index (χ1) is 23.9. The Hall–Kier alpha value is -5.00. The molecule has 1 N–H and O–H groups in total. The average molecular weight is 780 g/mol. The monoisotopic (exact) mass is 779 g/mol. The molecule has 0 spiro atoms. The second-order valence-electron chi connectivity index (χ2n) is 10.8. The van der Waals surface area contributed by atoms with Crippen LogP contribution in [0.1, 0.15) is 35.2 Å². The van der Waals surface area contributed by atoms with Gasteiger partial charge in [0, 0.05) is 14.8 Å². The van der Waals surface area contributed by atoms with E-state index in [2.05, 4.69) is 39.5 Å². The molecular formula is C40H34IN3O4S. The van der Waals surface area contributed by atoms with Gasteiger partial charge in [-0.05, 0) is 76.6 Å². The van der Waals surface area contributed by atoms with E-state index in [1.807, 2.05) is 97.1 Å². The van der Waals surface area contributed by atoms with Crippen LogP contribution in [0.2, 0.25) is 0 Å². The molecule has 1 aliphatic heterocycles. The first kappa shape index (κ1) is 35.3. The van der Waals surface area contributed by atoms with Crippen molar-refractivity contribution in [2.75, 3.05) is 5.75 Å². The van der Waals surface area contributed by atoms with E-state index in [9.17, 15) is 14.4 Å². The number of benzene rings is 4. The summed E-state index contributed by atoms with van der Waals surface area (Å²) >= 11 is 3.27. The van der Waals surface area contributed by atoms with E-state index >= 15 is 0 Å². The van der Waals surface area contributed by atoms with E-state index in [1.165, 1.54) is 11.0 Å². The Labute approximate surface area is 304 Å². The molecule has 3 amide bonds. The van der Waals surface area contributed by atoms with E-state index in [0.29, 0.717) is 23.6 Å². The number of amidine groups is 1. The maximum absolute atomic E-state index is 14.1. The quantitative estimate of drug-likeness (QED) is 0.0678. The topological polar surface area (TPSA) is 88.1 Å². The number of carbonyl (C=O) groups excluding carboxylic acids is 3. The lowest BCUT2D eigenvalue weighted by Crippen LogP contribution is -2.42. The predicted octanol–water partition coefficient (Wildman–Crippen LogP) is 8.26. The fraction of sp³-hybridized carbons (Fsp3) is 0.100. The molecule has 0 saturated carbocycles. The maximum atomic E-state index is 14.1. The summed E-state index contributed by atoms with van der Waals surface area (Å²) in [5.74, 6) is -1.11. The summed E-state index contributed by atoms with van der Waals surface area (Å²) in [6.45, 7) is 5.83. The molecule has 0 saturated heterocycles. The van der Waals surface area contributed by atoms with Crippen molar-refractivity contribution in [2.24, 2.45) is 4.99 Å². The Kier molecular flexibility index (Phi) is 12.5. The molecule has 0 unspecified atom stereocenters. The predicted molar refractivity (Wildman–Crippen MR) is 206 cm³/mol. The van der Waals surface area contributed by atoms with Gasteiger partial charge in [0.15, 0.2) is 5.17 Å². The van der Waals surface area contributed by atoms with Gasteiger partial charge in [0.05, 0.1) is 11.8 Å². The standard InChI is InChI=1S/C40H34IN3O4S/c1-3-5-19-33(4-2)44-39(47)34(25-31-18-12-13-20-35(31)48-26-28-21-23-32(41)24-22-28)38(46)43-40(44)49-27-36(45)42-37(29-14-8-6-9-15-29)30-16-10-7-11-17-30/h3-25,37H,1,26-27H2,2H3,(H,42,45)/b19-5-,33-4+,34-25+. The van der Waals surface area contributed by atoms with Gasteiger partial charge in [-0.2, -0.15) is 4.99 Å². The first-order valence-corrected chi connectivity index (χ1v) is 17.6. The minimum Gasteiger partial charge on any atom is -0.488 e. The van der Waals surface area contributed by atoms with E-state index < -0.39 is 11.8 Å².